The second kappa shape index (κ2) is 5.77. The maximum absolute atomic E-state index is 12.6. The van der Waals surface area contributed by atoms with Crippen LogP contribution in [0.3, 0.4) is 0 Å². The molecule has 1 aliphatic heterocycles. The highest BCUT2D eigenvalue weighted by Gasteiger charge is 2.39. The molecule has 2 unspecified atom stereocenters. The Morgan fingerprint density at radius 3 is 2.87 bits per heavy atom. The summed E-state index contributed by atoms with van der Waals surface area (Å²) >= 11 is 5.98. The maximum Gasteiger partial charge on any atom is 0.270 e. The van der Waals surface area contributed by atoms with Crippen LogP contribution in [0.1, 0.15) is 16.2 Å². The van der Waals surface area contributed by atoms with Crippen molar-refractivity contribution < 1.29 is 17.9 Å². The number of aromatic nitrogens is 2. The van der Waals surface area contributed by atoms with Gasteiger partial charge in [-0.1, -0.05) is 11.6 Å². The van der Waals surface area contributed by atoms with Gasteiger partial charge in [0.1, 0.15) is 11.3 Å². The lowest BCUT2D eigenvalue weighted by atomic mass is 10.2. The van der Waals surface area contributed by atoms with Gasteiger partial charge in [-0.15, -0.1) is 0 Å². The number of nitrogens with one attached hydrogen (secondary N) is 1. The van der Waals surface area contributed by atoms with Crippen LogP contribution in [0.25, 0.3) is 5.65 Å². The summed E-state index contributed by atoms with van der Waals surface area (Å²) < 4.78 is 30.2. The van der Waals surface area contributed by atoms with Gasteiger partial charge >= 0.3 is 0 Å². The fourth-order valence-electron chi connectivity index (χ4n) is 2.83. The molecule has 2 atom stereocenters. The van der Waals surface area contributed by atoms with E-state index in [-0.39, 0.29) is 11.5 Å². The van der Waals surface area contributed by atoms with Crippen molar-refractivity contribution in [1.29, 1.82) is 0 Å². The second-order valence-electron chi connectivity index (χ2n) is 5.55. The molecule has 1 saturated heterocycles. The number of hydrogen-bond acceptors (Lipinski definition) is 5. The molecule has 1 amide bonds. The Morgan fingerprint density at radius 1 is 1.43 bits per heavy atom. The SMILES string of the molecule is COC1CS(=O)(=O)CC1NC(=O)c1c(C)nc2ccc(Cl)cn12. The standard InChI is InChI=1S/C14H16ClN3O4S/c1-8-13(18-5-9(15)3-4-12(18)16-8)14(19)17-10-6-23(20,21)7-11(10)22-2/h3-5,10-11H,6-7H2,1-2H3,(H,17,19). The van der Waals surface area contributed by atoms with Gasteiger partial charge in [-0.2, -0.15) is 0 Å². The zero-order chi connectivity index (χ0) is 16.8. The summed E-state index contributed by atoms with van der Waals surface area (Å²) in [6, 6.07) is 2.82. The first-order chi connectivity index (χ1) is 10.8. The van der Waals surface area contributed by atoms with Crippen LogP contribution >= 0.6 is 11.6 Å². The van der Waals surface area contributed by atoms with Crippen molar-refractivity contribution in [1.82, 2.24) is 14.7 Å². The molecule has 0 aromatic carbocycles. The minimum Gasteiger partial charge on any atom is -0.378 e. The van der Waals surface area contributed by atoms with E-state index >= 15 is 0 Å². The van der Waals surface area contributed by atoms with Crippen molar-refractivity contribution in [2.45, 2.75) is 19.1 Å². The molecule has 3 heterocycles. The third kappa shape index (κ3) is 3.06. The lowest BCUT2D eigenvalue weighted by Gasteiger charge is -2.18. The Hall–Kier alpha value is -1.64. The minimum absolute atomic E-state index is 0.0909. The zero-order valence-electron chi connectivity index (χ0n) is 12.6. The highest BCUT2D eigenvalue weighted by atomic mass is 35.5. The van der Waals surface area contributed by atoms with Crippen molar-refractivity contribution in [3.05, 3.63) is 34.7 Å². The monoisotopic (exact) mass is 357 g/mol. The molecule has 0 radical (unpaired) electrons. The summed E-state index contributed by atoms with van der Waals surface area (Å²) in [5.41, 5.74) is 1.47. The molecule has 3 rings (SSSR count). The first kappa shape index (κ1) is 16.2. The van der Waals surface area contributed by atoms with E-state index in [9.17, 15) is 13.2 Å². The Bertz CT molecular complexity index is 878. The van der Waals surface area contributed by atoms with Crippen LogP contribution in [-0.2, 0) is 14.6 Å². The summed E-state index contributed by atoms with van der Waals surface area (Å²) in [5.74, 6) is -0.623. The summed E-state index contributed by atoms with van der Waals surface area (Å²) in [7, 11) is -1.78. The van der Waals surface area contributed by atoms with E-state index < -0.39 is 27.9 Å². The first-order valence-electron chi connectivity index (χ1n) is 6.99. The number of halogens is 1. The van der Waals surface area contributed by atoms with Gasteiger partial charge in [-0.25, -0.2) is 13.4 Å². The summed E-state index contributed by atoms with van der Waals surface area (Å²) in [4.78, 5) is 16.9. The molecule has 7 nitrogen and oxygen atoms in total. The number of hydrogen-bond donors (Lipinski definition) is 1. The maximum atomic E-state index is 12.6. The number of rotatable bonds is 3. The van der Waals surface area contributed by atoms with Crippen LogP contribution in [0.4, 0.5) is 0 Å². The minimum atomic E-state index is -3.21. The number of nitrogens with zero attached hydrogens (tertiary/aromatic N) is 2. The number of pyridine rings is 1. The van der Waals surface area contributed by atoms with Gasteiger partial charge in [0.25, 0.3) is 5.91 Å². The average Bonchev–Trinajstić information content (AvgIpc) is 2.93. The molecule has 2 aromatic heterocycles. The Balaban J connectivity index is 1.92. The third-order valence-corrected chi connectivity index (χ3v) is 5.82. The number of fused-ring (bicyclic) bond motifs is 1. The van der Waals surface area contributed by atoms with Gasteiger partial charge in [-0.3, -0.25) is 9.20 Å². The van der Waals surface area contributed by atoms with Gasteiger partial charge in [0.05, 0.1) is 34.4 Å². The molecule has 23 heavy (non-hydrogen) atoms. The van der Waals surface area contributed by atoms with Crippen molar-refractivity contribution in [3.8, 4) is 0 Å². The van der Waals surface area contributed by atoms with Crippen molar-refractivity contribution >= 4 is 33.0 Å². The molecular formula is C14H16ClN3O4S. The molecule has 1 aliphatic rings. The molecule has 1 N–H and O–H groups in total. The number of methoxy groups -OCH3 is 1. The largest absolute Gasteiger partial charge is 0.378 e. The molecular weight excluding hydrogens is 342 g/mol. The number of amides is 1. The van der Waals surface area contributed by atoms with Crippen molar-refractivity contribution in [2.75, 3.05) is 18.6 Å². The van der Waals surface area contributed by atoms with E-state index in [1.807, 2.05) is 0 Å². The molecule has 0 saturated carbocycles. The fourth-order valence-corrected chi connectivity index (χ4v) is 4.84. The second-order valence-corrected chi connectivity index (χ2v) is 8.14. The van der Waals surface area contributed by atoms with Crippen LogP contribution in [0.5, 0.6) is 0 Å². The van der Waals surface area contributed by atoms with E-state index in [2.05, 4.69) is 10.3 Å². The van der Waals surface area contributed by atoms with Gasteiger partial charge < -0.3 is 10.1 Å². The van der Waals surface area contributed by atoms with Gasteiger partial charge in [0.2, 0.25) is 0 Å². The van der Waals surface area contributed by atoms with Crippen LogP contribution in [0, 0.1) is 6.92 Å². The number of carbonyl (C=O) groups is 1. The van der Waals surface area contributed by atoms with E-state index in [0.717, 1.165) is 0 Å². The lowest BCUT2D eigenvalue weighted by Crippen LogP contribution is -2.44. The molecule has 124 valence electrons. The van der Waals surface area contributed by atoms with Gasteiger partial charge in [0.15, 0.2) is 9.84 Å². The highest BCUT2D eigenvalue weighted by molar-refractivity contribution is 7.91. The lowest BCUT2D eigenvalue weighted by molar-refractivity contribution is 0.0781. The first-order valence-corrected chi connectivity index (χ1v) is 9.19. The van der Waals surface area contributed by atoms with Crippen LogP contribution in [0.2, 0.25) is 5.02 Å². The number of carbonyl (C=O) groups excluding carboxylic acids is 1. The number of aryl methyl sites for hydroxylation is 1. The molecule has 0 spiro atoms. The fraction of sp³-hybridized carbons (Fsp3) is 0.429. The Morgan fingerprint density at radius 2 is 2.17 bits per heavy atom. The Kier molecular flexibility index (Phi) is 4.07. The van der Waals surface area contributed by atoms with Crippen molar-refractivity contribution in [2.24, 2.45) is 0 Å². The summed E-state index contributed by atoms with van der Waals surface area (Å²) in [6.07, 6.45) is 1.05. The van der Waals surface area contributed by atoms with Crippen LogP contribution in [-0.4, -0.2) is 54.5 Å². The summed E-state index contributed by atoms with van der Waals surface area (Å²) in [5, 5.41) is 3.22. The topological polar surface area (TPSA) is 89.8 Å². The van der Waals surface area contributed by atoms with E-state index in [0.29, 0.717) is 22.1 Å². The zero-order valence-corrected chi connectivity index (χ0v) is 14.2. The number of sulfone groups is 1. The predicted molar refractivity (Wildman–Crippen MR) is 85.6 cm³/mol. The third-order valence-electron chi connectivity index (χ3n) is 3.89. The van der Waals surface area contributed by atoms with Gasteiger partial charge in [-0.05, 0) is 19.1 Å². The van der Waals surface area contributed by atoms with Gasteiger partial charge in [0, 0.05) is 13.3 Å². The average molecular weight is 358 g/mol. The smallest absolute Gasteiger partial charge is 0.270 e. The molecule has 0 bridgehead atoms. The molecule has 1 fully saturated rings. The number of ether oxygens (including phenoxy) is 1. The van der Waals surface area contributed by atoms with Crippen molar-refractivity contribution in [3.63, 3.8) is 0 Å². The normalized spacial score (nSPS) is 23.3. The number of imidazole rings is 1. The molecule has 9 heteroatoms. The Labute approximate surface area is 138 Å². The van der Waals surface area contributed by atoms with E-state index in [1.165, 1.54) is 7.11 Å². The van der Waals surface area contributed by atoms with E-state index in [4.69, 9.17) is 16.3 Å². The van der Waals surface area contributed by atoms with Crippen LogP contribution < -0.4 is 5.32 Å². The molecule has 0 aliphatic carbocycles. The quantitative estimate of drug-likeness (QED) is 0.879. The van der Waals surface area contributed by atoms with E-state index in [1.54, 1.807) is 29.7 Å². The summed E-state index contributed by atoms with van der Waals surface area (Å²) in [6.45, 7) is 1.72. The predicted octanol–water partition coefficient (Wildman–Crippen LogP) is 0.838. The highest BCUT2D eigenvalue weighted by Crippen LogP contribution is 2.19. The molecule has 2 aromatic rings. The van der Waals surface area contributed by atoms with Crippen LogP contribution in [0.15, 0.2) is 18.3 Å².